The van der Waals surface area contributed by atoms with Gasteiger partial charge < -0.3 is 5.73 Å². The third-order valence-corrected chi connectivity index (χ3v) is 3.66. The fourth-order valence-corrected chi connectivity index (χ4v) is 2.55. The molecule has 5 heteroatoms. The van der Waals surface area contributed by atoms with Crippen LogP contribution >= 0.6 is 11.3 Å². The molecule has 0 saturated heterocycles. The number of carbonyl (C=O) groups is 1. The number of carbonyl (C=O) groups excluding carboxylic acids is 1. The summed E-state index contributed by atoms with van der Waals surface area (Å²) < 4.78 is 0. The van der Waals surface area contributed by atoms with Gasteiger partial charge in [0.2, 0.25) is 0 Å². The number of nitrogens with one attached hydrogen (secondary N) is 1. The van der Waals surface area contributed by atoms with Gasteiger partial charge >= 0.3 is 0 Å². The zero-order chi connectivity index (χ0) is 12.5. The Bertz CT molecular complexity index is 589. The van der Waals surface area contributed by atoms with Gasteiger partial charge in [-0.2, -0.15) is 0 Å². The fraction of sp³-hybridized carbons (Fsp3) is 0.231. The molecule has 1 amide bonds. The van der Waals surface area contributed by atoms with Gasteiger partial charge in [-0.05, 0) is 31.0 Å². The molecule has 3 rings (SSSR count). The number of thiazole rings is 1. The molecule has 92 valence electrons. The van der Waals surface area contributed by atoms with Crippen LogP contribution in [0.1, 0.15) is 34.8 Å². The molecule has 0 atom stereocenters. The van der Waals surface area contributed by atoms with Crippen molar-refractivity contribution >= 4 is 28.1 Å². The van der Waals surface area contributed by atoms with Crippen LogP contribution in [0.5, 0.6) is 0 Å². The van der Waals surface area contributed by atoms with E-state index in [2.05, 4.69) is 10.3 Å². The van der Waals surface area contributed by atoms with Crippen molar-refractivity contribution < 1.29 is 4.79 Å². The van der Waals surface area contributed by atoms with Crippen LogP contribution in [-0.4, -0.2) is 10.9 Å². The molecular weight excluding hydrogens is 246 g/mol. The Labute approximate surface area is 109 Å². The van der Waals surface area contributed by atoms with Crippen molar-refractivity contribution in [2.75, 3.05) is 11.1 Å². The lowest BCUT2D eigenvalue weighted by Gasteiger charge is -2.02. The Morgan fingerprint density at radius 3 is 3.00 bits per heavy atom. The number of benzene rings is 1. The zero-order valence-corrected chi connectivity index (χ0v) is 10.5. The number of nitrogen functional groups attached to an aromatic ring is 1. The molecule has 0 unspecified atom stereocenters. The number of anilines is 2. The van der Waals surface area contributed by atoms with E-state index in [-0.39, 0.29) is 5.91 Å². The third kappa shape index (κ3) is 2.36. The van der Waals surface area contributed by atoms with Gasteiger partial charge in [0.25, 0.3) is 5.91 Å². The first-order chi connectivity index (χ1) is 8.72. The summed E-state index contributed by atoms with van der Waals surface area (Å²) in [4.78, 5) is 16.4. The smallest absolute Gasteiger partial charge is 0.257 e. The highest BCUT2D eigenvalue weighted by Gasteiger charge is 2.26. The van der Waals surface area contributed by atoms with E-state index < -0.39 is 0 Å². The number of aromatic nitrogens is 1. The lowest BCUT2D eigenvalue weighted by molar-refractivity contribution is 0.102. The van der Waals surface area contributed by atoms with E-state index >= 15 is 0 Å². The Kier molecular flexibility index (Phi) is 2.76. The largest absolute Gasteiger partial charge is 0.399 e. The molecule has 0 aliphatic heterocycles. The number of nitrogens with two attached hydrogens (primary N) is 1. The maximum atomic E-state index is 12.0. The second-order valence-corrected chi connectivity index (χ2v) is 5.29. The van der Waals surface area contributed by atoms with Crippen molar-refractivity contribution in [3.8, 4) is 0 Å². The fourth-order valence-electron chi connectivity index (χ4n) is 1.76. The van der Waals surface area contributed by atoms with Crippen molar-refractivity contribution in [2.24, 2.45) is 0 Å². The van der Waals surface area contributed by atoms with E-state index in [4.69, 9.17) is 5.73 Å². The van der Waals surface area contributed by atoms with Gasteiger partial charge in [0.05, 0.1) is 5.69 Å². The summed E-state index contributed by atoms with van der Waals surface area (Å²) in [6.45, 7) is 0. The van der Waals surface area contributed by atoms with Crippen molar-refractivity contribution in [1.29, 1.82) is 0 Å². The molecule has 1 aliphatic rings. The monoisotopic (exact) mass is 259 g/mol. The van der Waals surface area contributed by atoms with E-state index in [1.54, 1.807) is 24.3 Å². The second kappa shape index (κ2) is 4.42. The molecule has 3 N–H and O–H groups in total. The Morgan fingerprint density at radius 1 is 1.44 bits per heavy atom. The van der Waals surface area contributed by atoms with Crippen LogP contribution in [-0.2, 0) is 0 Å². The Morgan fingerprint density at radius 2 is 2.28 bits per heavy atom. The van der Waals surface area contributed by atoms with E-state index in [0.29, 0.717) is 22.3 Å². The molecule has 0 spiro atoms. The molecule has 18 heavy (non-hydrogen) atoms. The maximum absolute atomic E-state index is 12.0. The summed E-state index contributed by atoms with van der Waals surface area (Å²) in [5.41, 5.74) is 7.89. The summed E-state index contributed by atoms with van der Waals surface area (Å²) in [6.07, 6.45) is 2.43. The maximum Gasteiger partial charge on any atom is 0.257 e. The van der Waals surface area contributed by atoms with Crippen LogP contribution in [0.2, 0.25) is 0 Å². The van der Waals surface area contributed by atoms with Crippen molar-refractivity contribution in [3.05, 3.63) is 40.9 Å². The highest BCUT2D eigenvalue weighted by atomic mass is 32.1. The lowest BCUT2D eigenvalue weighted by Crippen LogP contribution is -2.11. The molecule has 4 nitrogen and oxygen atoms in total. The molecule has 1 heterocycles. The topological polar surface area (TPSA) is 68.0 Å². The first-order valence-corrected chi connectivity index (χ1v) is 6.72. The van der Waals surface area contributed by atoms with E-state index in [1.165, 1.54) is 24.2 Å². The number of hydrogen-bond acceptors (Lipinski definition) is 4. The van der Waals surface area contributed by atoms with Crippen LogP contribution in [0.15, 0.2) is 29.6 Å². The van der Waals surface area contributed by atoms with E-state index in [1.807, 2.05) is 5.38 Å². The average molecular weight is 259 g/mol. The Hall–Kier alpha value is -1.88. The summed E-state index contributed by atoms with van der Waals surface area (Å²) in [5, 5.41) is 5.48. The molecule has 1 aliphatic carbocycles. The number of hydrogen-bond donors (Lipinski definition) is 2. The zero-order valence-electron chi connectivity index (χ0n) is 9.72. The van der Waals surface area contributed by atoms with Gasteiger partial charge in [-0.25, -0.2) is 4.98 Å². The van der Waals surface area contributed by atoms with Gasteiger partial charge in [0, 0.05) is 22.5 Å². The minimum Gasteiger partial charge on any atom is -0.399 e. The molecule has 2 aromatic rings. The Balaban J connectivity index is 1.73. The van der Waals surface area contributed by atoms with Gasteiger partial charge in [-0.15, -0.1) is 11.3 Å². The summed E-state index contributed by atoms with van der Waals surface area (Å²) in [6, 6.07) is 6.92. The number of amides is 1. The van der Waals surface area contributed by atoms with Gasteiger partial charge in [0.15, 0.2) is 5.13 Å². The van der Waals surface area contributed by atoms with Crippen molar-refractivity contribution in [2.45, 2.75) is 18.8 Å². The van der Waals surface area contributed by atoms with Crippen LogP contribution in [0.4, 0.5) is 10.8 Å². The predicted octanol–water partition coefficient (Wildman–Crippen LogP) is 2.86. The van der Waals surface area contributed by atoms with Crippen LogP contribution in [0.25, 0.3) is 0 Å². The summed E-state index contributed by atoms with van der Waals surface area (Å²) in [7, 11) is 0. The summed E-state index contributed by atoms with van der Waals surface area (Å²) in [5.74, 6) is 0.443. The number of rotatable bonds is 3. The normalized spacial score (nSPS) is 14.4. The summed E-state index contributed by atoms with van der Waals surface area (Å²) >= 11 is 1.47. The standard InChI is InChI=1S/C13H13N3OS/c14-10-3-1-2-9(6-10)12(17)16-13-15-11(7-18-13)8-4-5-8/h1-3,6-8H,4-5,14H2,(H,15,16,17). The first kappa shape index (κ1) is 11.2. The number of nitrogens with zero attached hydrogens (tertiary/aromatic N) is 1. The molecule has 1 aromatic carbocycles. The molecular formula is C13H13N3OS. The highest BCUT2D eigenvalue weighted by molar-refractivity contribution is 7.14. The van der Waals surface area contributed by atoms with Gasteiger partial charge in [-0.3, -0.25) is 10.1 Å². The quantitative estimate of drug-likeness (QED) is 0.833. The third-order valence-electron chi connectivity index (χ3n) is 2.89. The van der Waals surface area contributed by atoms with Crippen molar-refractivity contribution in [3.63, 3.8) is 0 Å². The highest BCUT2D eigenvalue weighted by Crippen LogP contribution is 2.40. The van der Waals surface area contributed by atoms with Crippen LogP contribution in [0, 0.1) is 0 Å². The van der Waals surface area contributed by atoms with E-state index in [9.17, 15) is 4.79 Å². The van der Waals surface area contributed by atoms with E-state index in [0.717, 1.165) is 5.69 Å². The molecule has 1 aromatic heterocycles. The van der Waals surface area contributed by atoms with Gasteiger partial charge in [0.1, 0.15) is 0 Å². The van der Waals surface area contributed by atoms with Crippen LogP contribution < -0.4 is 11.1 Å². The second-order valence-electron chi connectivity index (χ2n) is 4.43. The molecule has 0 radical (unpaired) electrons. The minimum atomic E-state index is -0.168. The van der Waals surface area contributed by atoms with Gasteiger partial charge in [-0.1, -0.05) is 6.07 Å². The predicted molar refractivity (Wildman–Crippen MR) is 72.9 cm³/mol. The first-order valence-electron chi connectivity index (χ1n) is 5.85. The van der Waals surface area contributed by atoms with Crippen LogP contribution in [0.3, 0.4) is 0 Å². The molecule has 1 saturated carbocycles. The average Bonchev–Trinajstić information content (AvgIpc) is 3.11. The molecule has 0 bridgehead atoms. The minimum absolute atomic E-state index is 0.168. The molecule has 1 fully saturated rings. The SMILES string of the molecule is Nc1cccc(C(=O)Nc2nc(C3CC3)cs2)c1. The lowest BCUT2D eigenvalue weighted by atomic mass is 10.2. The van der Waals surface area contributed by atoms with Crippen molar-refractivity contribution in [1.82, 2.24) is 4.98 Å².